The third kappa shape index (κ3) is 5.09. The van der Waals surface area contributed by atoms with Crippen molar-refractivity contribution in [3.63, 3.8) is 0 Å². The topological polar surface area (TPSA) is 60.9 Å². The maximum absolute atomic E-state index is 12.4. The van der Waals surface area contributed by atoms with Crippen LogP contribution >= 0.6 is 23.2 Å². The zero-order valence-electron chi connectivity index (χ0n) is 13.0. The van der Waals surface area contributed by atoms with Crippen LogP contribution in [0.1, 0.15) is 24.8 Å². The largest absolute Gasteiger partial charge is 0.480 e. The van der Waals surface area contributed by atoms with E-state index in [0.29, 0.717) is 29.6 Å². The van der Waals surface area contributed by atoms with Crippen molar-refractivity contribution in [3.05, 3.63) is 33.8 Å². The van der Waals surface area contributed by atoms with Crippen molar-refractivity contribution in [2.75, 3.05) is 20.1 Å². The molecule has 1 heterocycles. The number of aliphatic carboxylic acids is 1. The summed E-state index contributed by atoms with van der Waals surface area (Å²) in [5, 5.41) is 10.3. The highest BCUT2D eigenvalue weighted by molar-refractivity contribution is 6.34. The van der Waals surface area contributed by atoms with Gasteiger partial charge in [-0.25, -0.2) is 0 Å². The smallest absolute Gasteiger partial charge is 0.320 e. The van der Waals surface area contributed by atoms with Gasteiger partial charge in [0.25, 0.3) is 0 Å². The molecule has 1 aromatic rings. The van der Waals surface area contributed by atoms with E-state index in [4.69, 9.17) is 23.2 Å². The lowest BCUT2D eigenvalue weighted by Gasteiger charge is -2.33. The van der Waals surface area contributed by atoms with Crippen molar-refractivity contribution in [1.29, 1.82) is 0 Å². The Labute approximate surface area is 145 Å². The van der Waals surface area contributed by atoms with Gasteiger partial charge in [-0.05, 0) is 43.1 Å². The summed E-state index contributed by atoms with van der Waals surface area (Å²) in [6.45, 7) is 1.13. The van der Waals surface area contributed by atoms with Crippen molar-refractivity contribution in [2.24, 2.45) is 0 Å². The highest BCUT2D eigenvalue weighted by atomic mass is 35.5. The Hall–Kier alpha value is -1.30. The van der Waals surface area contributed by atoms with Gasteiger partial charge in [0.1, 0.15) is 6.04 Å². The molecule has 126 valence electrons. The summed E-state index contributed by atoms with van der Waals surface area (Å²) in [5.41, 5.74) is 0.840. The van der Waals surface area contributed by atoms with Crippen LogP contribution in [-0.4, -0.2) is 53.0 Å². The van der Waals surface area contributed by atoms with Gasteiger partial charge >= 0.3 is 5.97 Å². The molecule has 0 aromatic heterocycles. The molecule has 0 aliphatic carbocycles. The maximum atomic E-state index is 12.4. The summed E-state index contributed by atoms with van der Waals surface area (Å²) in [5.74, 6) is -0.976. The van der Waals surface area contributed by atoms with Gasteiger partial charge in [-0.2, -0.15) is 0 Å². The lowest BCUT2D eigenvalue weighted by molar-refractivity contribution is -0.146. The molecular weight excluding hydrogens is 339 g/mol. The van der Waals surface area contributed by atoms with E-state index in [1.807, 2.05) is 0 Å². The van der Waals surface area contributed by atoms with Crippen LogP contribution in [0.15, 0.2) is 18.2 Å². The number of amides is 1. The minimum Gasteiger partial charge on any atom is -0.480 e. The molecule has 0 bridgehead atoms. The predicted molar refractivity (Wildman–Crippen MR) is 89.8 cm³/mol. The number of carbonyl (C=O) groups is 2. The molecule has 7 heteroatoms. The SMILES string of the molecule is CN(Cc1cc(Cl)cc(Cl)c1)C(=O)CN1CCCCC1C(=O)O. The van der Waals surface area contributed by atoms with Gasteiger partial charge in [0.15, 0.2) is 0 Å². The number of carboxylic acid groups (broad SMARTS) is 1. The molecular formula is C16H20Cl2N2O3. The molecule has 1 N–H and O–H groups in total. The zero-order valence-corrected chi connectivity index (χ0v) is 14.5. The molecule has 1 atom stereocenters. The molecule has 0 radical (unpaired) electrons. The van der Waals surface area contributed by atoms with Crippen molar-refractivity contribution in [3.8, 4) is 0 Å². The fraction of sp³-hybridized carbons (Fsp3) is 0.500. The van der Waals surface area contributed by atoms with E-state index < -0.39 is 12.0 Å². The van der Waals surface area contributed by atoms with Crippen molar-refractivity contribution >= 4 is 35.1 Å². The second-order valence-electron chi connectivity index (χ2n) is 5.85. The summed E-state index contributed by atoms with van der Waals surface area (Å²) in [4.78, 5) is 27.0. The first kappa shape index (κ1) is 18.0. The Bertz CT molecular complexity index is 574. The van der Waals surface area contributed by atoms with Crippen molar-refractivity contribution < 1.29 is 14.7 Å². The summed E-state index contributed by atoms with van der Waals surface area (Å²) in [6, 6.07) is 4.59. The van der Waals surface area contributed by atoms with E-state index in [0.717, 1.165) is 18.4 Å². The summed E-state index contributed by atoms with van der Waals surface area (Å²) in [6.07, 6.45) is 2.40. The molecule has 0 spiro atoms. The second-order valence-corrected chi connectivity index (χ2v) is 6.72. The molecule has 1 amide bonds. The first-order chi connectivity index (χ1) is 10.9. The fourth-order valence-corrected chi connectivity index (χ4v) is 3.39. The van der Waals surface area contributed by atoms with Gasteiger partial charge in [-0.15, -0.1) is 0 Å². The summed E-state index contributed by atoms with van der Waals surface area (Å²) in [7, 11) is 1.69. The molecule has 5 nitrogen and oxygen atoms in total. The average molecular weight is 359 g/mol. The highest BCUT2D eigenvalue weighted by Crippen LogP contribution is 2.21. The first-order valence-corrected chi connectivity index (χ1v) is 8.28. The number of piperidine rings is 1. The Morgan fingerprint density at radius 1 is 1.26 bits per heavy atom. The van der Waals surface area contributed by atoms with Crippen LogP contribution in [0, 0.1) is 0 Å². The van der Waals surface area contributed by atoms with E-state index in [-0.39, 0.29) is 12.5 Å². The molecule has 1 saturated heterocycles. The quantitative estimate of drug-likeness (QED) is 0.878. The molecule has 1 aliphatic heterocycles. The third-order valence-corrected chi connectivity index (χ3v) is 4.44. The second kappa shape index (κ2) is 7.99. The number of hydrogen-bond donors (Lipinski definition) is 1. The number of likely N-dealkylation sites (tertiary alicyclic amines) is 1. The summed E-state index contributed by atoms with van der Waals surface area (Å²) < 4.78 is 0. The standard InChI is InChI=1S/C16H20Cl2N2O3/c1-19(9-11-6-12(17)8-13(18)7-11)15(21)10-20-5-3-2-4-14(20)16(22)23/h6-8,14H,2-5,9-10H2,1H3,(H,22,23). The molecule has 23 heavy (non-hydrogen) atoms. The summed E-state index contributed by atoms with van der Waals surface area (Å²) >= 11 is 11.9. The van der Waals surface area contributed by atoms with E-state index in [2.05, 4.69) is 0 Å². The van der Waals surface area contributed by atoms with Crippen molar-refractivity contribution in [2.45, 2.75) is 31.8 Å². The van der Waals surface area contributed by atoms with Gasteiger partial charge < -0.3 is 10.0 Å². The zero-order chi connectivity index (χ0) is 17.0. The Morgan fingerprint density at radius 2 is 1.91 bits per heavy atom. The molecule has 1 aliphatic rings. The van der Waals surface area contributed by atoms with Gasteiger partial charge in [0.05, 0.1) is 6.54 Å². The van der Waals surface area contributed by atoms with Crippen LogP contribution in [-0.2, 0) is 16.1 Å². The number of carbonyl (C=O) groups excluding carboxylic acids is 1. The van der Waals surface area contributed by atoms with Crippen LogP contribution in [0.2, 0.25) is 10.0 Å². The number of carboxylic acids is 1. The number of hydrogen-bond acceptors (Lipinski definition) is 3. The normalized spacial score (nSPS) is 18.7. The maximum Gasteiger partial charge on any atom is 0.320 e. The monoisotopic (exact) mass is 358 g/mol. The minimum absolute atomic E-state index is 0.113. The molecule has 1 aromatic carbocycles. The van der Waals surface area contributed by atoms with E-state index >= 15 is 0 Å². The predicted octanol–water partition coefficient (Wildman–Crippen LogP) is 2.89. The number of halogens is 2. The van der Waals surface area contributed by atoms with Crippen LogP contribution in [0.3, 0.4) is 0 Å². The molecule has 1 fully saturated rings. The Morgan fingerprint density at radius 3 is 2.52 bits per heavy atom. The minimum atomic E-state index is -0.859. The van der Waals surface area contributed by atoms with Crippen LogP contribution in [0.4, 0.5) is 0 Å². The van der Waals surface area contributed by atoms with E-state index in [1.54, 1.807) is 35.0 Å². The van der Waals surface area contributed by atoms with E-state index in [9.17, 15) is 14.7 Å². The molecule has 1 unspecified atom stereocenters. The van der Waals surface area contributed by atoms with Crippen molar-refractivity contribution in [1.82, 2.24) is 9.80 Å². The van der Waals surface area contributed by atoms with Gasteiger partial charge in [0, 0.05) is 23.6 Å². The van der Waals surface area contributed by atoms with E-state index in [1.165, 1.54) is 0 Å². The van der Waals surface area contributed by atoms with Crippen LogP contribution < -0.4 is 0 Å². The Balaban J connectivity index is 1.97. The average Bonchev–Trinajstić information content (AvgIpc) is 2.46. The highest BCUT2D eigenvalue weighted by Gasteiger charge is 2.30. The van der Waals surface area contributed by atoms with Gasteiger partial charge in [-0.1, -0.05) is 29.6 Å². The molecule has 2 rings (SSSR count). The Kier molecular flexibility index (Phi) is 6.27. The number of likely N-dealkylation sites (N-methyl/N-ethyl adjacent to an activating group) is 1. The van der Waals surface area contributed by atoms with Crippen LogP contribution in [0.5, 0.6) is 0 Å². The number of nitrogens with zero attached hydrogens (tertiary/aromatic N) is 2. The van der Waals surface area contributed by atoms with Crippen LogP contribution in [0.25, 0.3) is 0 Å². The fourth-order valence-electron chi connectivity index (χ4n) is 2.82. The van der Waals surface area contributed by atoms with Gasteiger partial charge in [-0.3, -0.25) is 14.5 Å². The number of benzene rings is 1. The first-order valence-electron chi connectivity index (χ1n) is 7.52. The lowest BCUT2D eigenvalue weighted by Crippen LogP contribution is -2.49. The third-order valence-electron chi connectivity index (χ3n) is 4.00. The molecule has 0 saturated carbocycles. The number of rotatable bonds is 5. The van der Waals surface area contributed by atoms with Gasteiger partial charge in [0.2, 0.25) is 5.91 Å². The lowest BCUT2D eigenvalue weighted by atomic mass is 10.0.